The summed E-state index contributed by atoms with van der Waals surface area (Å²) in [5.41, 5.74) is 0. The Balaban J connectivity index is 1.87. The van der Waals surface area contributed by atoms with Crippen molar-refractivity contribution in [2.24, 2.45) is 11.8 Å². The van der Waals surface area contributed by atoms with Crippen LogP contribution >= 0.6 is 0 Å². The molecule has 0 bridgehead atoms. The second-order valence-electron chi connectivity index (χ2n) is 5.65. The van der Waals surface area contributed by atoms with Crippen molar-refractivity contribution in [3.8, 4) is 0 Å². The zero-order valence-corrected chi connectivity index (χ0v) is 11.2. The van der Waals surface area contributed by atoms with Crippen molar-refractivity contribution in [3.05, 3.63) is 0 Å². The van der Waals surface area contributed by atoms with Gasteiger partial charge in [0.2, 0.25) is 5.91 Å². The van der Waals surface area contributed by atoms with Crippen LogP contribution in [0.4, 0.5) is 0 Å². The molecule has 1 amide bonds. The lowest BCUT2D eigenvalue weighted by molar-refractivity contribution is -0.133. The second kappa shape index (κ2) is 5.85. The molecule has 17 heavy (non-hydrogen) atoms. The third kappa shape index (κ3) is 3.01. The fourth-order valence-corrected chi connectivity index (χ4v) is 3.14. The normalized spacial score (nSPS) is 34.0. The molecule has 0 aromatic rings. The zero-order chi connectivity index (χ0) is 12.3. The van der Waals surface area contributed by atoms with Crippen LogP contribution in [0.2, 0.25) is 0 Å². The van der Waals surface area contributed by atoms with Crippen LogP contribution in [0.1, 0.15) is 46.0 Å². The van der Waals surface area contributed by atoms with E-state index in [1.54, 1.807) is 0 Å². The molecule has 0 aliphatic carbocycles. The maximum Gasteiger partial charge on any atom is 0.239 e. The van der Waals surface area contributed by atoms with Gasteiger partial charge >= 0.3 is 0 Å². The number of likely N-dealkylation sites (tertiary alicyclic amines) is 1. The number of rotatable bonds is 3. The molecule has 3 unspecified atom stereocenters. The van der Waals surface area contributed by atoms with Gasteiger partial charge in [0.15, 0.2) is 0 Å². The molecule has 0 aromatic carbocycles. The molecule has 0 aromatic heterocycles. The van der Waals surface area contributed by atoms with Gasteiger partial charge in [-0.05, 0) is 37.6 Å². The van der Waals surface area contributed by atoms with Crippen LogP contribution in [0.5, 0.6) is 0 Å². The van der Waals surface area contributed by atoms with Crippen molar-refractivity contribution in [2.45, 2.75) is 52.0 Å². The van der Waals surface area contributed by atoms with E-state index in [1.807, 2.05) is 0 Å². The molecule has 3 nitrogen and oxygen atoms in total. The Kier molecular flexibility index (Phi) is 4.43. The van der Waals surface area contributed by atoms with E-state index in [4.69, 9.17) is 0 Å². The van der Waals surface area contributed by atoms with E-state index in [-0.39, 0.29) is 6.04 Å². The highest BCUT2D eigenvalue weighted by atomic mass is 16.2. The lowest BCUT2D eigenvalue weighted by atomic mass is 9.90. The van der Waals surface area contributed by atoms with Crippen molar-refractivity contribution in [1.82, 2.24) is 10.2 Å². The average molecular weight is 238 g/mol. The van der Waals surface area contributed by atoms with E-state index in [9.17, 15) is 4.79 Å². The van der Waals surface area contributed by atoms with E-state index in [0.29, 0.717) is 5.91 Å². The molecule has 1 N–H and O–H groups in total. The predicted molar refractivity (Wildman–Crippen MR) is 69.8 cm³/mol. The van der Waals surface area contributed by atoms with Gasteiger partial charge < -0.3 is 10.2 Å². The first kappa shape index (κ1) is 12.9. The summed E-state index contributed by atoms with van der Waals surface area (Å²) in [4.78, 5) is 14.5. The summed E-state index contributed by atoms with van der Waals surface area (Å²) in [7, 11) is 0. The minimum Gasteiger partial charge on any atom is -0.341 e. The van der Waals surface area contributed by atoms with Crippen LogP contribution in [0, 0.1) is 11.8 Å². The maximum absolute atomic E-state index is 12.4. The molecular formula is C14H26N2O. The standard InChI is InChI=1S/C14H26N2O/c1-3-11-5-7-15-13(9-11)14(17)16-8-6-12(4-2)10-16/h11-13,15H,3-10H2,1-2H3. The van der Waals surface area contributed by atoms with Crippen molar-refractivity contribution in [1.29, 1.82) is 0 Å². The Bertz CT molecular complexity index is 267. The molecule has 0 radical (unpaired) electrons. The summed E-state index contributed by atoms with van der Waals surface area (Å²) >= 11 is 0. The Morgan fingerprint density at radius 2 is 2.00 bits per heavy atom. The van der Waals surface area contributed by atoms with Gasteiger partial charge in [0.1, 0.15) is 0 Å². The summed E-state index contributed by atoms with van der Waals surface area (Å²) in [6.07, 6.45) is 5.90. The van der Waals surface area contributed by atoms with Gasteiger partial charge in [0, 0.05) is 13.1 Å². The first-order valence-corrected chi connectivity index (χ1v) is 7.26. The van der Waals surface area contributed by atoms with Crippen LogP contribution in [0.3, 0.4) is 0 Å². The number of carbonyl (C=O) groups excluding carboxylic acids is 1. The van der Waals surface area contributed by atoms with Crippen LogP contribution in [0.25, 0.3) is 0 Å². The van der Waals surface area contributed by atoms with E-state index >= 15 is 0 Å². The number of hydrogen-bond acceptors (Lipinski definition) is 2. The van der Waals surface area contributed by atoms with Crippen molar-refractivity contribution >= 4 is 5.91 Å². The van der Waals surface area contributed by atoms with Gasteiger partial charge in [-0.3, -0.25) is 4.79 Å². The molecular weight excluding hydrogens is 212 g/mol. The molecule has 3 heteroatoms. The zero-order valence-electron chi connectivity index (χ0n) is 11.2. The minimum atomic E-state index is 0.101. The number of hydrogen-bond donors (Lipinski definition) is 1. The first-order valence-electron chi connectivity index (χ1n) is 7.26. The highest BCUT2D eigenvalue weighted by Gasteiger charge is 2.32. The molecule has 0 saturated carbocycles. The van der Waals surface area contributed by atoms with Crippen molar-refractivity contribution < 1.29 is 4.79 Å². The predicted octanol–water partition coefficient (Wildman–Crippen LogP) is 2.02. The largest absolute Gasteiger partial charge is 0.341 e. The minimum absolute atomic E-state index is 0.101. The fourth-order valence-electron chi connectivity index (χ4n) is 3.14. The molecule has 2 fully saturated rings. The number of piperidine rings is 1. The van der Waals surface area contributed by atoms with Crippen molar-refractivity contribution in [3.63, 3.8) is 0 Å². The van der Waals surface area contributed by atoms with E-state index in [1.165, 1.54) is 25.7 Å². The molecule has 3 atom stereocenters. The SMILES string of the molecule is CCC1CCNC(C(=O)N2CCC(CC)C2)C1. The summed E-state index contributed by atoms with van der Waals surface area (Å²) in [6.45, 7) is 7.45. The monoisotopic (exact) mass is 238 g/mol. The second-order valence-corrected chi connectivity index (χ2v) is 5.65. The summed E-state index contributed by atoms with van der Waals surface area (Å²) in [5, 5.41) is 3.40. The number of carbonyl (C=O) groups is 1. The van der Waals surface area contributed by atoms with E-state index in [0.717, 1.165) is 37.9 Å². The summed E-state index contributed by atoms with van der Waals surface area (Å²) < 4.78 is 0. The Labute approximate surface area is 105 Å². The van der Waals surface area contributed by atoms with Gasteiger partial charge in [0.25, 0.3) is 0 Å². The van der Waals surface area contributed by atoms with Crippen LogP contribution in [-0.2, 0) is 4.79 Å². The van der Waals surface area contributed by atoms with Gasteiger partial charge in [-0.1, -0.05) is 26.7 Å². The highest BCUT2D eigenvalue weighted by Crippen LogP contribution is 2.24. The van der Waals surface area contributed by atoms with Crippen LogP contribution in [-0.4, -0.2) is 36.5 Å². The quantitative estimate of drug-likeness (QED) is 0.816. The average Bonchev–Trinajstić information content (AvgIpc) is 2.86. The van der Waals surface area contributed by atoms with E-state index in [2.05, 4.69) is 24.1 Å². The molecule has 2 heterocycles. The molecule has 2 aliphatic rings. The Morgan fingerprint density at radius 3 is 2.65 bits per heavy atom. The molecule has 98 valence electrons. The van der Waals surface area contributed by atoms with Crippen molar-refractivity contribution in [2.75, 3.05) is 19.6 Å². The number of nitrogens with one attached hydrogen (secondary N) is 1. The topological polar surface area (TPSA) is 32.3 Å². The number of amides is 1. The van der Waals surface area contributed by atoms with Gasteiger partial charge in [0.05, 0.1) is 6.04 Å². The third-order valence-corrected chi connectivity index (χ3v) is 4.56. The third-order valence-electron chi connectivity index (χ3n) is 4.56. The van der Waals surface area contributed by atoms with Gasteiger partial charge in [-0.15, -0.1) is 0 Å². The lowest BCUT2D eigenvalue weighted by Crippen LogP contribution is -2.49. The van der Waals surface area contributed by atoms with Crippen LogP contribution < -0.4 is 5.32 Å². The lowest BCUT2D eigenvalue weighted by Gasteiger charge is -2.31. The molecule has 2 rings (SSSR count). The van der Waals surface area contributed by atoms with Gasteiger partial charge in [-0.25, -0.2) is 0 Å². The highest BCUT2D eigenvalue weighted by molar-refractivity contribution is 5.82. The summed E-state index contributed by atoms with van der Waals surface area (Å²) in [6, 6.07) is 0.101. The molecule has 0 spiro atoms. The maximum atomic E-state index is 12.4. The molecule has 2 saturated heterocycles. The van der Waals surface area contributed by atoms with Gasteiger partial charge in [-0.2, -0.15) is 0 Å². The Hall–Kier alpha value is -0.570. The number of nitrogens with zero attached hydrogens (tertiary/aromatic N) is 1. The van der Waals surface area contributed by atoms with Crippen LogP contribution in [0.15, 0.2) is 0 Å². The smallest absolute Gasteiger partial charge is 0.239 e. The summed E-state index contributed by atoms with van der Waals surface area (Å²) in [5.74, 6) is 1.85. The first-order chi connectivity index (χ1) is 8.24. The fraction of sp³-hybridized carbons (Fsp3) is 0.929. The Morgan fingerprint density at radius 1 is 1.24 bits per heavy atom. The molecule has 2 aliphatic heterocycles. The van der Waals surface area contributed by atoms with E-state index < -0.39 is 0 Å².